The summed E-state index contributed by atoms with van der Waals surface area (Å²) < 4.78 is 10.2. The van der Waals surface area contributed by atoms with E-state index in [-0.39, 0.29) is 22.9 Å². The lowest BCUT2D eigenvalue weighted by molar-refractivity contribution is -0.384. The van der Waals surface area contributed by atoms with Crippen molar-refractivity contribution in [2.45, 2.75) is 39.7 Å². The molecule has 1 N–H and O–H groups in total. The molecule has 0 amide bonds. The van der Waals surface area contributed by atoms with Crippen molar-refractivity contribution in [2.75, 3.05) is 7.11 Å². The molecule has 144 valence electrons. The highest BCUT2D eigenvalue weighted by Gasteiger charge is 2.38. The first-order valence-corrected chi connectivity index (χ1v) is 8.39. The lowest BCUT2D eigenvalue weighted by Gasteiger charge is -2.30. The topological polar surface area (TPSA) is 108 Å². The Kier molecular flexibility index (Phi) is 5.99. The van der Waals surface area contributed by atoms with E-state index in [9.17, 15) is 19.7 Å². The predicted octanol–water partition coefficient (Wildman–Crippen LogP) is 2.95. The first-order chi connectivity index (χ1) is 12.7. The van der Waals surface area contributed by atoms with Crippen LogP contribution in [0, 0.1) is 10.1 Å². The minimum absolute atomic E-state index is 0.137. The van der Waals surface area contributed by atoms with Crippen molar-refractivity contribution in [1.29, 1.82) is 0 Å². The number of nitrogens with zero attached hydrogens (tertiary/aromatic N) is 1. The fraction of sp³-hybridized carbons (Fsp3) is 0.368. The minimum Gasteiger partial charge on any atom is -0.466 e. The zero-order valence-corrected chi connectivity index (χ0v) is 15.9. The largest absolute Gasteiger partial charge is 0.466 e. The van der Waals surface area contributed by atoms with Crippen molar-refractivity contribution in [2.24, 2.45) is 0 Å². The second-order valence-corrected chi connectivity index (χ2v) is 6.43. The molecule has 0 saturated carbocycles. The Morgan fingerprint density at radius 3 is 2.26 bits per heavy atom. The van der Waals surface area contributed by atoms with Crippen LogP contribution in [0.15, 0.2) is 46.8 Å². The number of nitro benzene ring substituents is 1. The van der Waals surface area contributed by atoms with E-state index in [1.807, 2.05) is 0 Å². The second kappa shape index (κ2) is 8.03. The molecule has 1 aliphatic rings. The summed E-state index contributed by atoms with van der Waals surface area (Å²) in [5.74, 6) is -2.07. The van der Waals surface area contributed by atoms with Crippen LogP contribution in [0.25, 0.3) is 0 Å². The van der Waals surface area contributed by atoms with Gasteiger partial charge in [0.25, 0.3) is 5.69 Å². The molecular formula is C19H22N2O6. The Labute approximate surface area is 157 Å². The summed E-state index contributed by atoms with van der Waals surface area (Å²) in [5.41, 5.74) is 1.75. The Balaban J connectivity index is 2.69. The average Bonchev–Trinajstić information content (AvgIpc) is 2.59. The molecule has 1 heterocycles. The zero-order valence-electron chi connectivity index (χ0n) is 15.9. The van der Waals surface area contributed by atoms with Gasteiger partial charge in [-0.2, -0.15) is 0 Å². The first-order valence-electron chi connectivity index (χ1n) is 8.39. The lowest BCUT2D eigenvalue weighted by Crippen LogP contribution is -2.33. The molecule has 1 aromatic rings. The number of nitrogens with one attached hydrogen (secondary N) is 1. The maximum Gasteiger partial charge on any atom is 0.337 e. The van der Waals surface area contributed by atoms with Crippen LogP contribution < -0.4 is 5.32 Å². The van der Waals surface area contributed by atoms with E-state index in [0.717, 1.165) is 0 Å². The van der Waals surface area contributed by atoms with Crippen LogP contribution in [0.4, 0.5) is 5.69 Å². The predicted molar refractivity (Wildman–Crippen MR) is 97.6 cm³/mol. The number of hydrogen-bond acceptors (Lipinski definition) is 7. The Bertz CT molecular complexity index is 854. The zero-order chi connectivity index (χ0) is 20.3. The highest BCUT2D eigenvalue weighted by atomic mass is 16.6. The van der Waals surface area contributed by atoms with Crippen LogP contribution in [0.2, 0.25) is 0 Å². The highest BCUT2D eigenvalue weighted by Crippen LogP contribution is 2.40. The SMILES string of the molecule is COC(=O)C1=C(C)NC(C)=C(C(=O)OC(C)C)C1c1cccc([N+](=O)[O-])c1. The number of ether oxygens (including phenoxy) is 2. The molecule has 0 fully saturated rings. The molecule has 1 aliphatic heterocycles. The van der Waals surface area contributed by atoms with E-state index in [1.54, 1.807) is 33.8 Å². The van der Waals surface area contributed by atoms with Gasteiger partial charge in [0.05, 0.1) is 35.2 Å². The summed E-state index contributed by atoms with van der Waals surface area (Å²) >= 11 is 0. The van der Waals surface area contributed by atoms with Crippen LogP contribution in [0.1, 0.15) is 39.2 Å². The average molecular weight is 374 g/mol. The molecule has 0 bridgehead atoms. The van der Waals surface area contributed by atoms with Crippen molar-refractivity contribution >= 4 is 17.6 Å². The number of hydrogen-bond donors (Lipinski definition) is 1. The standard InChI is InChI=1S/C19H22N2O6/c1-10(2)27-19(23)16-12(4)20-11(3)15(18(22)26-5)17(16)13-7-6-8-14(9-13)21(24)25/h6-10,17,20H,1-5H3. The molecule has 1 unspecified atom stereocenters. The lowest BCUT2D eigenvalue weighted by atomic mass is 9.80. The van der Waals surface area contributed by atoms with Crippen molar-refractivity contribution in [3.8, 4) is 0 Å². The number of rotatable bonds is 5. The van der Waals surface area contributed by atoms with Crippen molar-refractivity contribution in [3.05, 3.63) is 62.5 Å². The van der Waals surface area contributed by atoms with Gasteiger partial charge in [-0.15, -0.1) is 0 Å². The number of allylic oxidation sites excluding steroid dienone is 2. The first kappa shape index (κ1) is 20.2. The molecule has 8 nitrogen and oxygen atoms in total. The summed E-state index contributed by atoms with van der Waals surface area (Å²) in [5, 5.41) is 14.2. The molecule has 0 spiro atoms. The van der Waals surface area contributed by atoms with Gasteiger partial charge < -0.3 is 14.8 Å². The van der Waals surface area contributed by atoms with Gasteiger partial charge in [0.15, 0.2) is 0 Å². The number of esters is 2. The number of nitro groups is 1. The van der Waals surface area contributed by atoms with Gasteiger partial charge in [0.2, 0.25) is 0 Å². The summed E-state index contributed by atoms with van der Waals surface area (Å²) in [7, 11) is 1.24. The third-order valence-corrected chi connectivity index (χ3v) is 4.14. The van der Waals surface area contributed by atoms with Gasteiger partial charge >= 0.3 is 11.9 Å². The molecular weight excluding hydrogens is 352 g/mol. The third-order valence-electron chi connectivity index (χ3n) is 4.14. The summed E-state index contributed by atoms with van der Waals surface area (Å²) in [6, 6.07) is 5.85. The Morgan fingerprint density at radius 2 is 1.74 bits per heavy atom. The second-order valence-electron chi connectivity index (χ2n) is 6.43. The molecule has 0 saturated heterocycles. The Hall–Kier alpha value is -3.16. The van der Waals surface area contributed by atoms with Crippen LogP contribution in [0.5, 0.6) is 0 Å². The quantitative estimate of drug-likeness (QED) is 0.479. The highest BCUT2D eigenvalue weighted by molar-refractivity contribution is 5.99. The summed E-state index contributed by atoms with van der Waals surface area (Å²) in [6.45, 7) is 6.81. The molecule has 8 heteroatoms. The number of benzene rings is 1. The van der Waals surface area contributed by atoms with Gasteiger partial charge in [0, 0.05) is 23.5 Å². The maximum atomic E-state index is 12.8. The number of non-ortho nitro benzene ring substituents is 1. The van der Waals surface area contributed by atoms with Crippen LogP contribution in [-0.2, 0) is 19.1 Å². The fourth-order valence-corrected chi connectivity index (χ4v) is 3.07. The Morgan fingerprint density at radius 1 is 1.15 bits per heavy atom. The number of methoxy groups -OCH3 is 1. The van der Waals surface area contributed by atoms with Crippen molar-refractivity contribution in [1.82, 2.24) is 5.32 Å². The molecule has 0 radical (unpaired) electrons. The molecule has 2 rings (SSSR count). The normalized spacial score (nSPS) is 16.9. The number of carbonyl (C=O) groups excluding carboxylic acids is 2. The van der Waals surface area contributed by atoms with Gasteiger partial charge in [-0.1, -0.05) is 12.1 Å². The van der Waals surface area contributed by atoms with E-state index >= 15 is 0 Å². The van der Waals surface area contributed by atoms with Crippen LogP contribution in [0.3, 0.4) is 0 Å². The van der Waals surface area contributed by atoms with E-state index in [4.69, 9.17) is 9.47 Å². The number of carbonyl (C=O) groups is 2. The molecule has 27 heavy (non-hydrogen) atoms. The minimum atomic E-state index is -0.843. The van der Waals surface area contributed by atoms with Crippen molar-refractivity contribution < 1.29 is 24.0 Å². The van der Waals surface area contributed by atoms with E-state index < -0.39 is 22.8 Å². The van der Waals surface area contributed by atoms with Gasteiger partial charge in [-0.3, -0.25) is 10.1 Å². The summed E-state index contributed by atoms with van der Waals surface area (Å²) in [4.78, 5) is 35.9. The van der Waals surface area contributed by atoms with Crippen LogP contribution >= 0.6 is 0 Å². The van der Waals surface area contributed by atoms with E-state index in [1.165, 1.54) is 25.3 Å². The van der Waals surface area contributed by atoms with Crippen molar-refractivity contribution in [3.63, 3.8) is 0 Å². The van der Waals surface area contributed by atoms with Gasteiger partial charge in [0.1, 0.15) is 0 Å². The van der Waals surface area contributed by atoms with E-state index in [2.05, 4.69) is 5.32 Å². The smallest absolute Gasteiger partial charge is 0.337 e. The molecule has 0 aliphatic carbocycles. The molecule has 1 aromatic carbocycles. The molecule has 1 atom stereocenters. The summed E-state index contributed by atoms with van der Waals surface area (Å²) in [6.07, 6.45) is -0.364. The van der Waals surface area contributed by atoms with E-state index in [0.29, 0.717) is 17.0 Å². The molecule has 0 aromatic heterocycles. The number of dihydropyridines is 1. The fourth-order valence-electron chi connectivity index (χ4n) is 3.07. The maximum absolute atomic E-state index is 12.8. The van der Waals surface area contributed by atoms with Gasteiger partial charge in [-0.25, -0.2) is 9.59 Å². The third kappa shape index (κ3) is 4.16. The van der Waals surface area contributed by atoms with Gasteiger partial charge in [-0.05, 0) is 33.3 Å². The van der Waals surface area contributed by atoms with Crippen LogP contribution in [-0.4, -0.2) is 30.1 Å². The monoisotopic (exact) mass is 374 g/mol.